The van der Waals surface area contributed by atoms with Crippen LogP contribution in [-0.4, -0.2) is 58.6 Å². The molecule has 0 saturated heterocycles. The first-order valence-electron chi connectivity index (χ1n) is 12.1. The van der Waals surface area contributed by atoms with Gasteiger partial charge in [-0.3, -0.25) is 4.40 Å². The largest absolute Gasteiger partial charge is 0.495 e. The van der Waals surface area contributed by atoms with E-state index < -0.39 is 0 Å². The van der Waals surface area contributed by atoms with Gasteiger partial charge in [-0.05, 0) is 62.6 Å². The highest BCUT2D eigenvalue weighted by Crippen LogP contribution is 2.34. The van der Waals surface area contributed by atoms with Gasteiger partial charge >= 0.3 is 0 Å². The number of benzene rings is 2. The maximum Gasteiger partial charge on any atom is 0.227 e. The molecule has 9 nitrogen and oxygen atoms in total. The molecular formula is C29H27N7O2. The second kappa shape index (κ2) is 11.0. The number of hydrogen-bond donors (Lipinski definition) is 1. The highest BCUT2D eigenvalue weighted by Gasteiger charge is 2.19. The molecule has 0 amide bonds. The van der Waals surface area contributed by atoms with Gasteiger partial charge < -0.3 is 19.7 Å². The summed E-state index contributed by atoms with van der Waals surface area (Å²) in [6.07, 6.45) is 3.66. The third-order valence-electron chi connectivity index (χ3n) is 5.92. The van der Waals surface area contributed by atoms with Crippen LogP contribution in [0.4, 0.5) is 11.6 Å². The molecule has 0 aliphatic carbocycles. The van der Waals surface area contributed by atoms with Crippen molar-refractivity contribution in [1.29, 1.82) is 5.26 Å². The minimum absolute atomic E-state index is 0.436. The molecule has 0 radical (unpaired) electrons. The van der Waals surface area contributed by atoms with E-state index in [9.17, 15) is 5.26 Å². The Morgan fingerprint density at radius 2 is 1.92 bits per heavy atom. The number of hydrogen-bond acceptors (Lipinski definition) is 8. The highest BCUT2D eigenvalue weighted by molar-refractivity contribution is 5.81. The summed E-state index contributed by atoms with van der Waals surface area (Å²) < 4.78 is 13.2. The quantitative estimate of drug-likeness (QED) is 0.298. The minimum atomic E-state index is 0.436. The predicted molar refractivity (Wildman–Crippen MR) is 147 cm³/mol. The van der Waals surface area contributed by atoms with Crippen molar-refractivity contribution in [3.8, 4) is 40.2 Å². The molecule has 0 unspecified atom stereocenters. The molecule has 1 N–H and O–H groups in total. The number of nitriles is 1. The average Bonchev–Trinajstić information content (AvgIpc) is 3.32. The van der Waals surface area contributed by atoms with Gasteiger partial charge in [-0.1, -0.05) is 12.1 Å². The smallest absolute Gasteiger partial charge is 0.227 e. The van der Waals surface area contributed by atoms with E-state index in [0.717, 1.165) is 34.9 Å². The van der Waals surface area contributed by atoms with Gasteiger partial charge in [0.1, 0.15) is 29.8 Å². The zero-order valence-electron chi connectivity index (χ0n) is 21.4. The Labute approximate surface area is 220 Å². The summed E-state index contributed by atoms with van der Waals surface area (Å²) >= 11 is 0. The van der Waals surface area contributed by atoms with E-state index in [4.69, 9.17) is 19.4 Å². The van der Waals surface area contributed by atoms with E-state index in [2.05, 4.69) is 21.3 Å². The number of ether oxygens (including phenoxy) is 2. The summed E-state index contributed by atoms with van der Waals surface area (Å²) in [6, 6.07) is 23.0. The van der Waals surface area contributed by atoms with Crippen LogP contribution < -0.4 is 14.8 Å². The number of likely N-dealkylation sites (N-methyl/N-ethyl adjacent to an activating group) is 1. The van der Waals surface area contributed by atoms with Crippen molar-refractivity contribution >= 4 is 17.3 Å². The van der Waals surface area contributed by atoms with Gasteiger partial charge in [0.15, 0.2) is 0 Å². The standard InChI is InChI=1S/C29H27N7O2/c1-35(2)15-16-38-23-8-6-7-22(18-23)32-29-31-13-12-24(33-29)28-27(34-26-9-4-5-14-36(26)28)20-10-11-25(37-3)21(17-20)19-30/h4-14,17-18H,15-16H2,1-3H3,(H,31,32,33). The summed E-state index contributed by atoms with van der Waals surface area (Å²) in [5.74, 6) is 1.73. The molecule has 0 saturated carbocycles. The molecule has 0 fully saturated rings. The molecule has 0 aliphatic heterocycles. The average molecular weight is 506 g/mol. The third-order valence-corrected chi connectivity index (χ3v) is 5.92. The monoisotopic (exact) mass is 505 g/mol. The first-order valence-corrected chi connectivity index (χ1v) is 12.1. The Balaban J connectivity index is 1.51. The third kappa shape index (κ3) is 5.26. The summed E-state index contributed by atoms with van der Waals surface area (Å²) in [7, 11) is 5.57. The highest BCUT2D eigenvalue weighted by atomic mass is 16.5. The molecule has 0 bridgehead atoms. The van der Waals surface area contributed by atoms with Crippen LogP contribution >= 0.6 is 0 Å². The van der Waals surface area contributed by atoms with Crippen LogP contribution in [0, 0.1) is 11.3 Å². The van der Waals surface area contributed by atoms with Crippen LogP contribution in [0.2, 0.25) is 0 Å². The maximum atomic E-state index is 9.62. The number of aromatic nitrogens is 4. The summed E-state index contributed by atoms with van der Waals surface area (Å²) in [4.78, 5) is 16.2. The van der Waals surface area contributed by atoms with Crippen molar-refractivity contribution < 1.29 is 9.47 Å². The lowest BCUT2D eigenvalue weighted by Gasteiger charge is -2.12. The van der Waals surface area contributed by atoms with Crippen molar-refractivity contribution in [2.75, 3.05) is 39.7 Å². The van der Waals surface area contributed by atoms with Gasteiger partial charge in [-0.15, -0.1) is 0 Å². The predicted octanol–water partition coefficient (Wildman–Crippen LogP) is 5.02. The van der Waals surface area contributed by atoms with Gasteiger partial charge in [-0.25, -0.2) is 15.0 Å². The van der Waals surface area contributed by atoms with Crippen LogP contribution in [0.25, 0.3) is 28.3 Å². The van der Waals surface area contributed by atoms with Crippen molar-refractivity contribution in [2.24, 2.45) is 0 Å². The van der Waals surface area contributed by atoms with Crippen molar-refractivity contribution in [2.45, 2.75) is 0 Å². The number of fused-ring (bicyclic) bond motifs is 1. The number of methoxy groups -OCH3 is 1. The second-order valence-corrected chi connectivity index (χ2v) is 8.83. The fourth-order valence-electron chi connectivity index (χ4n) is 4.07. The SMILES string of the molecule is COc1ccc(-c2nc3ccccn3c2-c2ccnc(Nc3cccc(OCCN(C)C)c3)n2)cc1C#N. The van der Waals surface area contributed by atoms with Gasteiger partial charge in [0.25, 0.3) is 0 Å². The van der Waals surface area contributed by atoms with Gasteiger partial charge in [0.2, 0.25) is 5.95 Å². The fraction of sp³-hybridized carbons (Fsp3) is 0.172. The fourth-order valence-corrected chi connectivity index (χ4v) is 4.07. The van der Waals surface area contributed by atoms with Crippen molar-refractivity contribution in [3.05, 3.63) is 84.7 Å². The van der Waals surface area contributed by atoms with Crippen molar-refractivity contribution in [1.82, 2.24) is 24.3 Å². The number of pyridine rings is 1. The summed E-state index contributed by atoms with van der Waals surface area (Å²) in [6.45, 7) is 1.42. The summed E-state index contributed by atoms with van der Waals surface area (Å²) in [5.41, 5.74) is 4.99. The number of imidazole rings is 1. The first kappa shape index (κ1) is 24.7. The van der Waals surface area contributed by atoms with Gasteiger partial charge in [-0.2, -0.15) is 5.26 Å². The Hall–Kier alpha value is -4.94. The van der Waals surface area contributed by atoms with Crippen LogP contribution in [0.15, 0.2) is 79.1 Å². The maximum absolute atomic E-state index is 9.62. The molecule has 0 aliphatic rings. The van der Waals surface area contributed by atoms with Crippen LogP contribution in [0.3, 0.4) is 0 Å². The Morgan fingerprint density at radius 1 is 1.03 bits per heavy atom. The zero-order valence-corrected chi connectivity index (χ0v) is 21.4. The van der Waals surface area contributed by atoms with E-state index in [1.807, 2.05) is 79.3 Å². The molecule has 38 heavy (non-hydrogen) atoms. The van der Waals surface area contributed by atoms with Crippen LogP contribution in [0.5, 0.6) is 11.5 Å². The summed E-state index contributed by atoms with van der Waals surface area (Å²) in [5, 5.41) is 12.9. The topological polar surface area (TPSA) is 101 Å². The van der Waals surface area contributed by atoms with Crippen LogP contribution in [-0.2, 0) is 0 Å². The van der Waals surface area contributed by atoms with E-state index in [-0.39, 0.29) is 0 Å². The minimum Gasteiger partial charge on any atom is -0.495 e. The molecule has 0 atom stereocenters. The Morgan fingerprint density at radius 3 is 2.74 bits per heavy atom. The Kier molecular flexibility index (Phi) is 7.15. The Bertz CT molecular complexity index is 1620. The van der Waals surface area contributed by atoms with E-state index in [0.29, 0.717) is 35.3 Å². The molecular weight excluding hydrogens is 478 g/mol. The van der Waals surface area contributed by atoms with Crippen molar-refractivity contribution in [3.63, 3.8) is 0 Å². The molecule has 5 aromatic rings. The number of rotatable bonds is 9. The lowest BCUT2D eigenvalue weighted by molar-refractivity contribution is 0.261. The lowest BCUT2D eigenvalue weighted by atomic mass is 10.0. The van der Waals surface area contributed by atoms with E-state index >= 15 is 0 Å². The number of anilines is 2. The zero-order chi connectivity index (χ0) is 26.5. The molecule has 2 aromatic carbocycles. The van der Waals surface area contributed by atoms with Gasteiger partial charge in [0.05, 0.1) is 29.8 Å². The number of nitrogens with zero attached hydrogens (tertiary/aromatic N) is 6. The molecule has 0 spiro atoms. The first-order chi connectivity index (χ1) is 18.6. The molecule has 3 aromatic heterocycles. The lowest BCUT2D eigenvalue weighted by Crippen LogP contribution is -2.19. The molecule has 3 heterocycles. The van der Waals surface area contributed by atoms with E-state index in [1.54, 1.807) is 25.4 Å². The second-order valence-electron chi connectivity index (χ2n) is 8.83. The van der Waals surface area contributed by atoms with Crippen LogP contribution in [0.1, 0.15) is 5.56 Å². The molecule has 190 valence electrons. The number of nitrogens with one attached hydrogen (secondary N) is 1. The molecule has 5 rings (SSSR count). The normalized spacial score (nSPS) is 10.9. The van der Waals surface area contributed by atoms with E-state index in [1.165, 1.54) is 0 Å². The molecule has 9 heteroatoms. The van der Waals surface area contributed by atoms with Gasteiger partial charge in [0, 0.05) is 36.3 Å².